The summed E-state index contributed by atoms with van der Waals surface area (Å²) in [5, 5.41) is 8.16. The molecule has 7 nitrogen and oxygen atoms in total. The summed E-state index contributed by atoms with van der Waals surface area (Å²) in [6.45, 7) is 0.349. The van der Waals surface area contributed by atoms with Crippen LogP contribution in [0.4, 0.5) is 0 Å². The van der Waals surface area contributed by atoms with Gasteiger partial charge in [0.05, 0.1) is 25.9 Å². The molecule has 1 N–H and O–H groups in total. The number of ether oxygens (including phenoxy) is 2. The number of nitrogens with one attached hydrogen (secondary N) is 1. The SMILES string of the molecule is COc1ccc2cnc3c(C(=O)NCc4ccccc4OC)cnn3c2c1. The largest absolute Gasteiger partial charge is 0.497 e. The van der Waals surface area contributed by atoms with Gasteiger partial charge >= 0.3 is 0 Å². The molecule has 0 atom stereocenters. The molecule has 4 rings (SSSR count). The number of amides is 1. The molecule has 2 aromatic carbocycles. The maximum Gasteiger partial charge on any atom is 0.257 e. The van der Waals surface area contributed by atoms with E-state index in [0.29, 0.717) is 23.5 Å². The molecule has 2 heterocycles. The van der Waals surface area contributed by atoms with Crippen molar-refractivity contribution in [1.82, 2.24) is 19.9 Å². The highest BCUT2D eigenvalue weighted by molar-refractivity contribution is 6.00. The average molecular weight is 362 g/mol. The van der Waals surface area contributed by atoms with Crippen LogP contribution >= 0.6 is 0 Å². The van der Waals surface area contributed by atoms with Gasteiger partial charge in [-0.25, -0.2) is 9.50 Å². The lowest BCUT2D eigenvalue weighted by molar-refractivity contribution is 0.0952. The molecule has 0 saturated carbocycles. The number of nitrogens with zero attached hydrogens (tertiary/aromatic N) is 3. The van der Waals surface area contributed by atoms with Crippen molar-refractivity contribution >= 4 is 22.5 Å². The Labute approximate surface area is 155 Å². The Morgan fingerprint density at radius 2 is 1.96 bits per heavy atom. The van der Waals surface area contributed by atoms with Crippen molar-refractivity contribution in [1.29, 1.82) is 0 Å². The molecule has 0 spiro atoms. The normalized spacial score (nSPS) is 10.9. The highest BCUT2D eigenvalue weighted by Gasteiger charge is 2.16. The zero-order chi connectivity index (χ0) is 18.8. The van der Waals surface area contributed by atoms with Crippen LogP contribution in [0.5, 0.6) is 11.5 Å². The van der Waals surface area contributed by atoms with Gasteiger partial charge in [0.25, 0.3) is 5.91 Å². The van der Waals surface area contributed by atoms with E-state index < -0.39 is 0 Å². The first-order valence-electron chi connectivity index (χ1n) is 8.42. The van der Waals surface area contributed by atoms with Gasteiger partial charge in [-0.15, -0.1) is 0 Å². The van der Waals surface area contributed by atoms with Crippen LogP contribution < -0.4 is 14.8 Å². The van der Waals surface area contributed by atoms with Crippen molar-refractivity contribution in [2.75, 3.05) is 14.2 Å². The molecule has 2 aromatic heterocycles. The van der Waals surface area contributed by atoms with Crippen LogP contribution in [0, 0.1) is 0 Å². The van der Waals surface area contributed by atoms with E-state index >= 15 is 0 Å². The molecule has 0 saturated heterocycles. The van der Waals surface area contributed by atoms with Crippen molar-refractivity contribution in [2.24, 2.45) is 0 Å². The summed E-state index contributed by atoms with van der Waals surface area (Å²) in [6.07, 6.45) is 3.25. The Hall–Kier alpha value is -3.61. The third-order valence-corrected chi connectivity index (χ3v) is 4.41. The molecule has 4 aromatic rings. The van der Waals surface area contributed by atoms with Crippen LogP contribution in [0.25, 0.3) is 16.6 Å². The van der Waals surface area contributed by atoms with E-state index in [9.17, 15) is 4.79 Å². The fourth-order valence-corrected chi connectivity index (χ4v) is 3.00. The smallest absolute Gasteiger partial charge is 0.257 e. The summed E-state index contributed by atoms with van der Waals surface area (Å²) in [4.78, 5) is 17.1. The number of carbonyl (C=O) groups excluding carboxylic acids is 1. The Balaban J connectivity index is 1.65. The average Bonchev–Trinajstić information content (AvgIpc) is 3.16. The van der Waals surface area contributed by atoms with Gasteiger partial charge in [0, 0.05) is 29.8 Å². The lowest BCUT2D eigenvalue weighted by Crippen LogP contribution is -2.23. The molecular weight excluding hydrogens is 344 g/mol. The zero-order valence-electron chi connectivity index (χ0n) is 15.0. The van der Waals surface area contributed by atoms with Crippen molar-refractivity contribution < 1.29 is 14.3 Å². The van der Waals surface area contributed by atoms with E-state index in [1.165, 1.54) is 6.20 Å². The number of fused-ring (bicyclic) bond motifs is 3. The fraction of sp³-hybridized carbons (Fsp3) is 0.150. The number of para-hydroxylation sites is 1. The zero-order valence-corrected chi connectivity index (χ0v) is 15.0. The van der Waals surface area contributed by atoms with E-state index in [1.807, 2.05) is 42.5 Å². The van der Waals surface area contributed by atoms with Crippen LogP contribution in [0.15, 0.2) is 54.9 Å². The predicted octanol–water partition coefficient (Wildman–Crippen LogP) is 2.83. The maximum atomic E-state index is 12.7. The van der Waals surface area contributed by atoms with Gasteiger partial charge < -0.3 is 14.8 Å². The molecule has 0 aliphatic rings. The van der Waals surface area contributed by atoms with Crippen LogP contribution in [-0.4, -0.2) is 34.7 Å². The number of methoxy groups -OCH3 is 2. The Kier molecular flexibility index (Phi) is 4.33. The summed E-state index contributed by atoms with van der Waals surface area (Å²) in [5.74, 6) is 1.20. The summed E-state index contributed by atoms with van der Waals surface area (Å²) in [5.41, 5.74) is 2.62. The summed E-state index contributed by atoms with van der Waals surface area (Å²) in [7, 11) is 3.22. The fourth-order valence-electron chi connectivity index (χ4n) is 3.00. The minimum Gasteiger partial charge on any atom is -0.497 e. The number of benzene rings is 2. The standard InChI is InChI=1S/C20H18N4O3/c1-26-15-8-7-13-10-21-19-16(12-23-24(19)17(13)9-15)20(25)22-11-14-5-3-4-6-18(14)27-2/h3-10,12H,11H2,1-2H3,(H,22,25). The molecule has 7 heteroatoms. The molecule has 0 unspecified atom stereocenters. The number of hydrogen-bond acceptors (Lipinski definition) is 5. The van der Waals surface area contributed by atoms with Crippen LogP contribution in [0.2, 0.25) is 0 Å². The second-order valence-corrected chi connectivity index (χ2v) is 5.97. The van der Waals surface area contributed by atoms with E-state index in [-0.39, 0.29) is 5.91 Å². The Bertz CT molecular complexity index is 1140. The summed E-state index contributed by atoms with van der Waals surface area (Å²) < 4.78 is 12.2. The topological polar surface area (TPSA) is 77.8 Å². The Morgan fingerprint density at radius 1 is 1.11 bits per heavy atom. The second-order valence-electron chi connectivity index (χ2n) is 5.97. The number of hydrogen-bond donors (Lipinski definition) is 1. The van der Waals surface area contributed by atoms with Crippen molar-refractivity contribution in [3.05, 3.63) is 66.0 Å². The lowest BCUT2D eigenvalue weighted by Gasteiger charge is -2.09. The monoisotopic (exact) mass is 362 g/mol. The molecule has 0 aliphatic carbocycles. The lowest BCUT2D eigenvalue weighted by atomic mass is 10.2. The van der Waals surface area contributed by atoms with E-state index in [2.05, 4.69) is 15.4 Å². The van der Waals surface area contributed by atoms with Crippen molar-refractivity contribution in [2.45, 2.75) is 6.54 Å². The molecule has 1 amide bonds. The first-order valence-corrected chi connectivity index (χ1v) is 8.42. The number of aromatic nitrogens is 3. The quantitative estimate of drug-likeness (QED) is 0.591. The first-order chi connectivity index (χ1) is 13.2. The second kappa shape index (κ2) is 6.95. The maximum absolute atomic E-state index is 12.7. The van der Waals surface area contributed by atoms with Crippen molar-refractivity contribution in [3.8, 4) is 11.5 Å². The third kappa shape index (κ3) is 3.03. The van der Waals surface area contributed by atoms with Crippen molar-refractivity contribution in [3.63, 3.8) is 0 Å². The van der Waals surface area contributed by atoms with E-state index in [1.54, 1.807) is 24.9 Å². The minimum atomic E-state index is -0.245. The van der Waals surface area contributed by atoms with Gasteiger partial charge in [0.15, 0.2) is 5.65 Å². The van der Waals surface area contributed by atoms with E-state index in [4.69, 9.17) is 9.47 Å². The molecule has 0 bridgehead atoms. The number of rotatable bonds is 5. The summed E-state index contributed by atoms with van der Waals surface area (Å²) in [6, 6.07) is 13.2. The Morgan fingerprint density at radius 3 is 2.78 bits per heavy atom. The van der Waals surface area contributed by atoms with Gasteiger partial charge in [-0.2, -0.15) is 5.10 Å². The van der Waals surface area contributed by atoms with Gasteiger partial charge in [-0.05, 0) is 18.2 Å². The molecule has 27 heavy (non-hydrogen) atoms. The highest BCUT2D eigenvalue weighted by atomic mass is 16.5. The number of carbonyl (C=O) groups is 1. The first kappa shape index (κ1) is 16.8. The molecule has 136 valence electrons. The molecule has 0 aliphatic heterocycles. The van der Waals surface area contributed by atoms with Gasteiger partial charge in [-0.3, -0.25) is 4.79 Å². The summed E-state index contributed by atoms with van der Waals surface area (Å²) >= 11 is 0. The highest BCUT2D eigenvalue weighted by Crippen LogP contribution is 2.22. The van der Waals surface area contributed by atoms with Crippen LogP contribution in [-0.2, 0) is 6.54 Å². The molecular formula is C20H18N4O3. The predicted molar refractivity (Wildman–Crippen MR) is 101 cm³/mol. The minimum absolute atomic E-state index is 0.245. The van der Waals surface area contributed by atoms with Crippen LogP contribution in [0.3, 0.4) is 0 Å². The van der Waals surface area contributed by atoms with Gasteiger partial charge in [0.2, 0.25) is 0 Å². The van der Waals surface area contributed by atoms with Gasteiger partial charge in [0.1, 0.15) is 17.1 Å². The van der Waals surface area contributed by atoms with Gasteiger partial charge in [-0.1, -0.05) is 18.2 Å². The molecule has 0 fully saturated rings. The van der Waals surface area contributed by atoms with Crippen LogP contribution in [0.1, 0.15) is 15.9 Å². The van der Waals surface area contributed by atoms with E-state index in [0.717, 1.165) is 22.2 Å². The molecule has 0 radical (unpaired) electrons. The third-order valence-electron chi connectivity index (χ3n) is 4.41.